The molecule has 0 aliphatic heterocycles. The van der Waals surface area contributed by atoms with E-state index in [-0.39, 0.29) is 5.91 Å². The molecule has 0 spiro atoms. The number of carbonyl (C=O) groups excluding carboxylic acids is 1. The first-order chi connectivity index (χ1) is 9.20. The van der Waals surface area contributed by atoms with Crippen LogP contribution in [-0.2, 0) is 11.3 Å². The van der Waals surface area contributed by atoms with Crippen LogP contribution in [0.2, 0.25) is 0 Å². The number of hydrogen-bond acceptors (Lipinski definition) is 2. The zero-order valence-corrected chi connectivity index (χ0v) is 11.8. The number of carbonyl (C=O) groups is 1. The predicted octanol–water partition coefficient (Wildman–Crippen LogP) is 3.14. The summed E-state index contributed by atoms with van der Waals surface area (Å²) in [5, 5.41) is 3.17. The molecular weight excluding hydrogens is 238 g/mol. The van der Waals surface area contributed by atoms with Crippen molar-refractivity contribution in [3.63, 3.8) is 0 Å². The minimum atomic E-state index is 0.0442. The number of rotatable bonds is 4. The van der Waals surface area contributed by atoms with Gasteiger partial charge >= 0.3 is 0 Å². The average molecular weight is 261 g/mol. The van der Waals surface area contributed by atoms with Crippen LogP contribution in [0.3, 0.4) is 0 Å². The predicted molar refractivity (Wildman–Crippen MR) is 76.0 cm³/mol. The molecule has 0 saturated heterocycles. The first-order valence-corrected chi connectivity index (χ1v) is 7.09. The summed E-state index contributed by atoms with van der Waals surface area (Å²) >= 11 is 0. The Hall–Kier alpha value is -1.35. The van der Waals surface area contributed by atoms with Crippen LogP contribution in [0.4, 0.5) is 0 Å². The lowest BCUT2D eigenvalue weighted by Gasteiger charge is -2.29. The fraction of sp³-hybridized carbons (Fsp3) is 0.562. The van der Waals surface area contributed by atoms with E-state index in [0.29, 0.717) is 18.6 Å². The fourth-order valence-corrected chi connectivity index (χ4v) is 2.70. The molecule has 2 rings (SSSR count). The zero-order valence-electron chi connectivity index (χ0n) is 11.8. The van der Waals surface area contributed by atoms with Crippen LogP contribution in [0.25, 0.3) is 0 Å². The fourth-order valence-electron chi connectivity index (χ4n) is 2.70. The van der Waals surface area contributed by atoms with Crippen LogP contribution in [0, 0.1) is 5.92 Å². The highest BCUT2D eigenvalue weighted by atomic mass is 16.5. The van der Waals surface area contributed by atoms with Crippen molar-refractivity contribution in [3.05, 3.63) is 35.4 Å². The Morgan fingerprint density at radius 2 is 1.95 bits per heavy atom. The Morgan fingerprint density at radius 3 is 2.58 bits per heavy atom. The monoisotopic (exact) mass is 261 g/mol. The van der Waals surface area contributed by atoms with Crippen LogP contribution in [0.5, 0.6) is 0 Å². The highest BCUT2D eigenvalue weighted by Gasteiger charge is 2.23. The van der Waals surface area contributed by atoms with Crippen molar-refractivity contribution in [3.8, 4) is 0 Å². The summed E-state index contributed by atoms with van der Waals surface area (Å²) in [6.45, 7) is 2.81. The molecule has 1 N–H and O–H groups in total. The van der Waals surface area contributed by atoms with E-state index in [9.17, 15) is 4.79 Å². The lowest BCUT2D eigenvalue weighted by atomic mass is 9.86. The maximum atomic E-state index is 12.2. The van der Waals surface area contributed by atoms with Crippen molar-refractivity contribution in [2.45, 2.75) is 45.3 Å². The SMILES string of the molecule is COCc1ccc(C(=O)N[C@H]2CCCC[C@H]2C)cc1. The topological polar surface area (TPSA) is 38.3 Å². The smallest absolute Gasteiger partial charge is 0.251 e. The van der Waals surface area contributed by atoms with E-state index in [2.05, 4.69) is 12.2 Å². The van der Waals surface area contributed by atoms with Crippen LogP contribution in [0.1, 0.15) is 48.5 Å². The maximum absolute atomic E-state index is 12.2. The quantitative estimate of drug-likeness (QED) is 0.904. The number of methoxy groups -OCH3 is 1. The van der Waals surface area contributed by atoms with Crippen molar-refractivity contribution in [2.24, 2.45) is 5.92 Å². The van der Waals surface area contributed by atoms with Gasteiger partial charge in [0.25, 0.3) is 5.91 Å². The summed E-state index contributed by atoms with van der Waals surface area (Å²) in [5.41, 5.74) is 1.82. The van der Waals surface area contributed by atoms with Gasteiger partial charge in [0.2, 0.25) is 0 Å². The molecule has 1 aromatic rings. The van der Waals surface area contributed by atoms with E-state index in [1.165, 1.54) is 19.3 Å². The van der Waals surface area contributed by atoms with Gasteiger partial charge in [-0.05, 0) is 36.5 Å². The van der Waals surface area contributed by atoms with Crippen LogP contribution >= 0.6 is 0 Å². The van der Waals surface area contributed by atoms with E-state index in [1.54, 1.807) is 7.11 Å². The number of hydrogen-bond donors (Lipinski definition) is 1. The van der Waals surface area contributed by atoms with Gasteiger partial charge in [0, 0.05) is 18.7 Å². The lowest BCUT2D eigenvalue weighted by Crippen LogP contribution is -2.41. The third kappa shape index (κ3) is 3.80. The van der Waals surface area contributed by atoms with E-state index < -0.39 is 0 Å². The molecule has 3 nitrogen and oxygen atoms in total. The molecule has 0 bridgehead atoms. The van der Waals surface area contributed by atoms with E-state index in [0.717, 1.165) is 17.5 Å². The molecule has 1 aromatic carbocycles. The second-order valence-corrected chi connectivity index (χ2v) is 5.47. The van der Waals surface area contributed by atoms with Crippen molar-refractivity contribution in [2.75, 3.05) is 7.11 Å². The van der Waals surface area contributed by atoms with Gasteiger partial charge in [0.1, 0.15) is 0 Å². The molecule has 1 amide bonds. The van der Waals surface area contributed by atoms with Gasteiger partial charge in [-0.2, -0.15) is 0 Å². The minimum absolute atomic E-state index is 0.0442. The van der Waals surface area contributed by atoms with Crippen molar-refractivity contribution < 1.29 is 9.53 Å². The first kappa shape index (κ1) is 14.1. The molecule has 1 saturated carbocycles. The highest BCUT2D eigenvalue weighted by molar-refractivity contribution is 5.94. The Kier molecular flexibility index (Phi) is 4.97. The third-order valence-electron chi connectivity index (χ3n) is 3.96. The van der Waals surface area contributed by atoms with Crippen molar-refractivity contribution in [1.29, 1.82) is 0 Å². The second-order valence-electron chi connectivity index (χ2n) is 5.47. The molecule has 2 atom stereocenters. The van der Waals surface area contributed by atoms with Crippen LogP contribution < -0.4 is 5.32 Å². The van der Waals surface area contributed by atoms with Gasteiger partial charge < -0.3 is 10.1 Å². The molecule has 0 heterocycles. The number of nitrogens with one attached hydrogen (secondary N) is 1. The first-order valence-electron chi connectivity index (χ1n) is 7.09. The Bertz CT molecular complexity index is 413. The number of benzene rings is 1. The van der Waals surface area contributed by atoms with E-state index >= 15 is 0 Å². The Balaban J connectivity index is 1.95. The van der Waals surface area contributed by atoms with Crippen molar-refractivity contribution in [1.82, 2.24) is 5.32 Å². The van der Waals surface area contributed by atoms with Gasteiger partial charge in [-0.15, -0.1) is 0 Å². The molecule has 1 aliphatic carbocycles. The largest absolute Gasteiger partial charge is 0.380 e. The highest BCUT2D eigenvalue weighted by Crippen LogP contribution is 2.24. The summed E-state index contributed by atoms with van der Waals surface area (Å²) < 4.78 is 5.06. The third-order valence-corrected chi connectivity index (χ3v) is 3.96. The van der Waals surface area contributed by atoms with Gasteiger partial charge in [-0.3, -0.25) is 4.79 Å². The van der Waals surface area contributed by atoms with Crippen molar-refractivity contribution >= 4 is 5.91 Å². The lowest BCUT2D eigenvalue weighted by molar-refractivity contribution is 0.0910. The van der Waals surface area contributed by atoms with Crippen LogP contribution in [-0.4, -0.2) is 19.1 Å². The molecule has 1 fully saturated rings. The standard InChI is InChI=1S/C16H23NO2/c1-12-5-3-4-6-15(12)17-16(18)14-9-7-13(8-10-14)11-19-2/h7-10,12,15H,3-6,11H2,1-2H3,(H,17,18)/t12-,15+/m1/s1. The van der Waals surface area contributed by atoms with Gasteiger partial charge in [0.15, 0.2) is 0 Å². The summed E-state index contributed by atoms with van der Waals surface area (Å²) in [6, 6.07) is 7.97. The molecule has 0 radical (unpaired) electrons. The van der Waals surface area contributed by atoms with Gasteiger partial charge in [-0.25, -0.2) is 0 Å². The Morgan fingerprint density at radius 1 is 1.26 bits per heavy atom. The van der Waals surface area contributed by atoms with Gasteiger partial charge in [-0.1, -0.05) is 31.9 Å². The van der Waals surface area contributed by atoms with E-state index in [4.69, 9.17) is 4.74 Å². The second kappa shape index (κ2) is 6.71. The normalized spacial score (nSPS) is 23.1. The van der Waals surface area contributed by atoms with Crippen LogP contribution in [0.15, 0.2) is 24.3 Å². The molecule has 1 aliphatic rings. The summed E-state index contributed by atoms with van der Waals surface area (Å²) in [4.78, 5) is 12.2. The summed E-state index contributed by atoms with van der Waals surface area (Å²) in [7, 11) is 1.67. The molecule has 19 heavy (non-hydrogen) atoms. The summed E-state index contributed by atoms with van der Waals surface area (Å²) in [6.07, 6.45) is 4.84. The molecule has 0 aromatic heterocycles. The maximum Gasteiger partial charge on any atom is 0.251 e. The average Bonchev–Trinajstić information content (AvgIpc) is 2.42. The van der Waals surface area contributed by atoms with E-state index in [1.807, 2.05) is 24.3 Å². The molecule has 0 unspecified atom stereocenters. The summed E-state index contributed by atoms with van der Waals surface area (Å²) in [5.74, 6) is 0.633. The number of ether oxygens (including phenoxy) is 1. The zero-order chi connectivity index (χ0) is 13.7. The number of amides is 1. The molecular formula is C16H23NO2. The molecule has 104 valence electrons. The van der Waals surface area contributed by atoms with Gasteiger partial charge in [0.05, 0.1) is 6.61 Å². The molecule has 3 heteroatoms. The minimum Gasteiger partial charge on any atom is -0.380 e. The Labute approximate surface area is 115 Å².